The maximum Gasteiger partial charge on any atom is 0.228 e. The van der Waals surface area contributed by atoms with Crippen molar-refractivity contribution in [1.82, 2.24) is 0 Å². The highest BCUT2D eigenvalue weighted by Crippen LogP contribution is 2.33. The minimum atomic E-state index is -0.00897. The van der Waals surface area contributed by atoms with Crippen molar-refractivity contribution in [2.24, 2.45) is 0 Å². The molecule has 0 saturated carbocycles. The summed E-state index contributed by atoms with van der Waals surface area (Å²) in [5.41, 5.74) is 4.23. The van der Waals surface area contributed by atoms with Crippen LogP contribution < -0.4 is 10.6 Å². The number of carbonyl (C=O) groups excluding carboxylic acids is 1. The molecule has 0 spiro atoms. The molecule has 3 rings (SSSR count). The van der Waals surface area contributed by atoms with Gasteiger partial charge in [-0.15, -0.1) is 0 Å². The molecule has 0 fully saturated rings. The fourth-order valence-electron chi connectivity index (χ4n) is 2.28. The third-order valence-corrected chi connectivity index (χ3v) is 3.70. The van der Waals surface area contributed by atoms with Gasteiger partial charge in [0.1, 0.15) is 0 Å². The van der Waals surface area contributed by atoms with Crippen molar-refractivity contribution >= 4 is 28.9 Å². The van der Waals surface area contributed by atoms with Crippen molar-refractivity contribution in [3.05, 3.63) is 58.1 Å². The molecule has 21 heavy (non-hydrogen) atoms. The second-order valence-corrected chi connectivity index (χ2v) is 5.28. The molecule has 0 bridgehead atoms. The lowest BCUT2D eigenvalue weighted by molar-refractivity contribution is -0.115. The molecule has 0 aromatic heterocycles. The molecule has 5 heteroatoms. The SMILES string of the molecule is N#Cc1ccc(CNc2cc3c(cc2Cl)NC(=O)C3)cc1. The summed E-state index contributed by atoms with van der Waals surface area (Å²) in [7, 11) is 0. The molecular formula is C16H12ClN3O. The Hall–Kier alpha value is -2.51. The monoisotopic (exact) mass is 297 g/mol. The predicted octanol–water partition coefficient (Wildman–Crippen LogP) is 3.32. The highest BCUT2D eigenvalue weighted by molar-refractivity contribution is 6.33. The van der Waals surface area contributed by atoms with Crippen LogP contribution in [0.1, 0.15) is 16.7 Å². The van der Waals surface area contributed by atoms with E-state index in [0.717, 1.165) is 22.5 Å². The van der Waals surface area contributed by atoms with Gasteiger partial charge in [-0.05, 0) is 35.4 Å². The van der Waals surface area contributed by atoms with Crippen LogP contribution in [0.3, 0.4) is 0 Å². The lowest BCUT2D eigenvalue weighted by Crippen LogP contribution is -2.03. The van der Waals surface area contributed by atoms with E-state index in [1.54, 1.807) is 18.2 Å². The first-order chi connectivity index (χ1) is 10.2. The first-order valence-electron chi connectivity index (χ1n) is 6.51. The summed E-state index contributed by atoms with van der Waals surface area (Å²) in [5, 5.41) is 15.4. The summed E-state index contributed by atoms with van der Waals surface area (Å²) < 4.78 is 0. The average molecular weight is 298 g/mol. The van der Waals surface area contributed by atoms with Crippen molar-refractivity contribution in [2.45, 2.75) is 13.0 Å². The maximum atomic E-state index is 11.4. The summed E-state index contributed by atoms with van der Waals surface area (Å²) in [6.07, 6.45) is 0.387. The number of amides is 1. The number of rotatable bonds is 3. The van der Waals surface area contributed by atoms with Crippen molar-refractivity contribution in [3.63, 3.8) is 0 Å². The predicted molar refractivity (Wildman–Crippen MR) is 82.3 cm³/mol. The smallest absolute Gasteiger partial charge is 0.228 e. The third kappa shape index (κ3) is 2.83. The minimum absolute atomic E-state index is 0.00897. The maximum absolute atomic E-state index is 11.4. The Bertz CT molecular complexity index is 747. The van der Waals surface area contributed by atoms with Crippen LogP contribution >= 0.6 is 11.6 Å². The standard InChI is InChI=1S/C16H12ClN3O/c17-13-7-14-12(6-16(21)20-14)5-15(13)19-9-11-3-1-10(8-18)2-4-11/h1-5,7,19H,6,9H2,(H,20,21). The second kappa shape index (κ2) is 5.47. The summed E-state index contributed by atoms with van der Waals surface area (Å²) in [5.74, 6) is -0.00897. The Morgan fingerprint density at radius 1 is 1.29 bits per heavy atom. The number of halogens is 1. The zero-order chi connectivity index (χ0) is 14.8. The van der Waals surface area contributed by atoms with Crippen LogP contribution in [0, 0.1) is 11.3 Å². The molecule has 0 aliphatic carbocycles. The van der Waals surface area contributed by atoms with Crippen molar-refractivity contribution < 1.29 is 4.79 Å². The first-order valence-corrected chi connectivity index (χ1v) is 6.88. The van der Waals surface area contributed by atoms with Crippen LogP contribution in [-0.2, 0) is 17.8 Å². The number of nitrogens with zero attached hydrogens (tertiary/aromatic N) is 1. The van der Waals surface area contributed by atoms with Crippen molar-refractivity contribution in [3.8, 4) is 6.07 Å². The molecule has 104 valence electrons. The molecule has 2 aromatic carbocycles. The van der Waals surface area contributed by atoms with Gasteiger partial charge in [-0.1, -0.05) is 23.7 Å². The number of fused-ring (bicyclic) bond motifs is 1. The fraction of sp³-hybridized carbons (Fsp3) is 0.125. The van der Waals surface area contributed by atoms with Crippen LogP contribution in [0.25, 0.3) is 0 Å². The fourth-order valence-corrected chi connectivity index (χ4v) is 2.51. The molecule has 0 atom stereocenters. The Morgan fingerprint density at radius 3 is 2.76 bits per heavy atom. The van der Waals surface area contributed by atoms with Crippen molar-refractivity contribution in [1.29, 1.82) is 5.26 Å². The minimum Gasteiger partial charge on any atom is -0.380 e. The number of hydrogen-bond donors (Lipinski definition) is 2. The molecule has 2 N–H and O–H groups in total. The van der Waals surface area contributed by atoms with E-state index in [-0.39, 0.29) is 5.91 Å². The van der Waals surface area contributed by atoms with Gasteiger partial charge in [0.25, 0.3) is 0 Å². The van der Waals surface area contributed by atoms with Gasteiger partial charge in [0.2, 0.25) is 5.91 Å². The molecule has 1 aliphatic rings. The zero-order valence-corrected chi connectivity index (χ0v) is 11.9. The molecule has 1 aliphatic heterocycles. The van der Waals surface area contributed by atoms with Gasteiger partial charge in [-0.2, -0.15) is 5.26 Å². The molecule has 1 heterocycles. The second-order valence-electron chi connectivity index (χ2n) is 4.88. The van der Waals surface area contributed by atoms with E-state index in [1.807, 2.05) is 18.2 Å². The summed E-state index contributed by atoms with van der Waals surface area (Å²) in [4.78, 5) is 11.4. The largest absolute Gasteiger partial charge is 0.380 e. The highest BCUT2D eigenvalue weighted by atomic mass is 35.5. The number of carbonyl (C=O) groups is 1. The Kier molecular flexibility index (Phi) is 3.51. The number of anilines is 2. The van der Waals surface area contributed by atoms with Gasteiger partial charge in [0, 0.05) is 12.2 Å². The average Bonchev–Trinajstić information content (AvgIpc) is 2.84. The van der Waals surface area contributed by atoms with Gasteiger partial charge >= 0.3 is 0 Å². The number of nitrogens with one attached hydrogen (secondary N) is 2. The molecular weight excluding hydrogens is 286 g/mol. The van der Waals surface area contributed by atoms with Crippen LogP contribution in [0.5, 0.6) is 0 Å². The number of nitriles is 1. The van der Waals surface area contributed by atoms with Gasteiger partial charge in [-0.25, -0.2) is 0 Å². The topological polar surface area (TPSA) is 64.9 Å². The van der Waals surface area contributed by atoms with Gasteiger partial charge in [-0.3, -0.25) is 4.79 Å². The Morgan fingerprint density at radius 2 is 2.05 bits per heavy atom. The summed E-state index contributed by atoms with van der Waals surface area (Å²) in [6, 6.07) is 13.1. The normalized spacial score (nSPS) is 12.5. The Balaban J connectivity index is 1.75. The molecule has 0 saturated heterocycles. The molecule has 2 aromatic rings. The van der Waals surface area contributed by atoms with Crippen LogP contribution in [0.4, 0.5) is 11.4 Å². The zero-order valence-electron chi connectivity index (χ0n) is 11.1. The lowest BCUT2D eigenvalue weighted by Gasteiger charge is -2.10. The molecule has 1 amide bonds. The lowest BCUT2D eigenvalue weighted by atomic mass is 10.1. The van der Waals surface area contributed by atoms with Gasteiger partial charge in [0.05, 0.1) is 28.8 Å². The van der Waals surface area contributed by atoms with E-state index in [9.17, 15) is 4.79 Å². The Labute approximate surface area is 127 Å². The van der Waals surface area contributed by atoms with E-state index in [2.05, 4.69) is 16.7 Å². The van der Waals surface area contributed by atoms with Crippen LogP contribution in [0.2, 0.25) is 5.02 Å². The third-order valence-electron chi connectivity index (χ3n) is 3.38. The van der Waals surface area contributed by atoms with Gasteiger partial charge < -0.3 is 10.6 Å². The highest BCUT2D eigenvalue weighted by Gasteiger charge is 2.19. The summed E-state index contributed by atoms with van der Waals surface area (Å²) in [6.45, 7) is 0.603. The van der Waals surface area contributed by atoms with Crippen molar-refractivity contribution in [2.75, 3.05) is 10.6 Å². The van der Waals surface area contributed by atoms with E-state index >= 15 is 0 Å². The van der Waals surface area contributed by atoms with E-state index in [1.165, 1.54) is 0 Å². The summed E-state index contributed by atoms with van der Waals surface area (Å²) >= 11 is 6.21. The van der Waals surface area contributed by atoms with E-state index in [0.29, 0.717) is 23.6 Å². The number of hydrogen-bond acceptors (Lipinski definition) is 3. The first kappa shape index (κ1) is 13.5. The van der Waals surface area contributed by atoms with E-state index in [4.69, 9.17) is 16.9 Å². The van der Waals surface area contributed by atoms with Gasteiger partial charge in [0.15, 0.2) is 0 Å². The molecule has 4 nitrogen and oxygen atoms in total. The van der Waals surface area contributed by atoms with E-state index < -0.39 is 0 Å². The molecule has 0 radical (unpaired) electrons. The van der Waals surface area contributed by atoms with Crippen LogP contribution in [-0.4, -0.2) is 5.91 Å². The van der Waals surface area contributed by atoms with Crippen LogP contribution in [0.15, 0.2) is 36.4 Å². The molecule has 0 unspecified atom stereocenters. The quantitative estimate of drug-likeness (QED) is 0.913. The number of benzene rings is 2.